The number of amides is 2. The van der Waals surface area contributed by atoms with E-state index in [0.717, 1.165) is 12.1 Å². The predicted molar refractivity (Wildman–Crippen MR) is 97.9 cm³/mol. The number of nitrogens with zero attached hydrogens (tertiary/aromatic N) is 1. The third-order valence-electron chi connectivity index (χ3n) is 4.40. The Kier molecular flexibility index (Phi) is 6.53. The van der Waals surface area contributed by atoms with Crippen LogP contribution in [0.3, 0.4) is 0 Å². The average molecular weight is 418 g/mol. The van der Waals surface area contributed by atoms with Gasteiger partial charge in [0.2, 0.25) is 11.8 Å². The minimum absolute atomic E-state index is 0.0851. The molecular formula is C18H21F3N2O4S. The first-order valence-corrected chi connectivity index (χ1v) is 10.4. The summed E-state index contributed by atoms with van der Waals surface area (Å²) in [4.78, 5) is 25.8. The van der Waals surface area contributed by atoms with E-state index in [1.54, 1.807) is 6.92 Å². The van der Waals surface area contributed by atoms with E-state index in [4.69, 9.17) is 0 Å². The van der Waals surface area contributed by atoms with Crippen molar-refractivity contribution in [1.29, 1.82) is 0 Å². The molecule has 1 saturated heterocycles. The molecule has 154 valence electrons. The second-order valence-corrected chi connectivity index (χ2v) is 8.91. The van der Waals surface area contributed by atoms with Crippen LogP contribution in [-0.4, -0.2) is 55.8 Å². The van der Waals surface area contributed by atoms with E-state index in [1.165, 1.54) is 30.0 Å². The summed E-state index contributed by atoms with van der Waals surface area (Å²) in [6.45, 7) is 3.23. The average Bonchev–Trinajstić information content (AvgIpc) is 2.60. The summed E-state index contributed by atoms with van der Waals surface area (Å²) in [6, 6.07) is 3.54. The van der Waals surface area contributed by atoms with E-state index in [2.05, 4.69) is 5.32 Å². The number of benzene rings is 1. The van der Waals surface area contributed by atoms with Crippen LogP contribution >= 0.6 is 0 Å². The van der Waals surface area contributed by atoms with Crippen LogP contribution in [0.4, 0.5) is 13.2 Å². The summed E-state index contributed by atoms with van der Waals surface area (Å²) in [5, 5.41) is 2.50. The first kappa shape index (κ1) is 21.9. The van der Waals surface area contributed by atoms with Crippen LogP contribution < -0.4 is 5.32 Å². The molecule has 0 aromatic heterocycles. The normalized spacial score (nSPS) is 18.5. The third-order valence-corrected chi connectivity index (χ3v) is 6.01. The van der Waals surface area contributed by atoms with E-state index in [-0.39, 0.29) is 30.5 Å². The molecule has 0 radical (unpaired) electrons. The fourth-order valence-electron chi connectivity index (χ4n) is 2.73. The lowest BCUT2D eigenvalue weighted by Crippen LogP contribution is -2.51. The lowest BCUT2D eigenvalue weighted by Gasteiger charge is -2.29. The molecule has 6 nitrogen and oxygen atoms in total. The molecule has 1 unspecified atom stereocenters. The molecule has 0 spiro atoms. The molecule has 1 aromatic rings. The molecule has 28 heavy (non-hydrogen) atoms. The summed E-state index contributed by atoms with van der Waals surface area (Å²) >= 11 is 0. The standard InChI is InChI=1S/C18H21F3N2O4S/c1-12(14-3-5-15(6-4-14)18(19,20)21)11-16(24)22-13(2)17(25)23-7-9-28(26,27)10-8-23/h3-6,11,13H,7-10H2,1-2H3,(H,22,24). The minimum atomic E-state index is -4.43. The van der Waals surface area contributed by atoms with Crippen molar-refractivity contribution < 1.29 is 31.2 Å². The van der Waals surface area contributed by atoms with Crippen molar-refractivity contribution >= 4 is 27.2 Å². The number of allylic oxidation sites excluding steroid dienone is 1. The Morgan fingerprint density at radius 1 is 1.14 bits per heavy atom. The number of nitrogens with one attached hydrogen (secondary N) is 1. The molecule has 0 aliphatic carbocycles. The van der Waals surface area contributed by atoms with Gasteiger partial charge in [-0.25, -0.2) is 8.42 Å². The van der Waals surface area contributed by atoms with Crippen molar-refractivity contribution in [3.05, 3.63) is 41.5 Å². The van der Waals surface area contributed by atoms with Gasteiger partial charge in [0.1, 0.15) is 6.04 Å². The number of alkyl halides is 3. The van der Waals surface area contributed by atoms with E-state index < -0.39 is 33.5 Å². The molecule has 1 aromatic carbocycles. The van der Waals surface area contributed by atoms with Crippen molar-refractivity contribution in [2.75, 3.05) is 24.6 Å². The maximum absolute atomic E-state index is 12.6. The van der Waals surface area contributed by atoms with Crippen molar-refractivity contribution in [2.45, 2.75) is 26.1 Å². The second-order valence-electron chi connectivity index (χ2n) is 6.61. The first-order valence-electron chi connectivity index (χ1n) is 8.55. The van der Waals surface area contributed by atoms with E-state index >= 15 is 0 Å². The third kappa shape index (κ3) is 5.82. The van der Waals surface area contributed by atoms with Crippen molar-refractivity contribution in [1.82, 2.24) is 10.2 Å². The van der Waals surface area contributed by atoms with Gasteiger partial charge in [0.05, 0.1) is 17.1 Å². The highest BCUT2D eigenvalue weighted by Gasteiger charge is 2.30. The summed E-state index contributed by atoms with van der Waals surface area (Å²) in [6.07, 6.45) is -3.23. The molecule has 1 atom stereocenters. The summed E-state index contributed by atoms with van der Waals surface area (Å²) in [5.74, 6) is -1.16. The van der Waals surface area contributed by atoms with Gasteiger partial charge < -0.3 is 10.2 Å². The number of hydrogen-bond acceptors (Lipinski definition) is 4. The molecule has 10 heteroatoms. The van der Waals surface area contributed by atoms with Gasteiger partial charge in [0, 0.05) is 19.2 Å². The zero-order chi connectivity index (χ0) is 21.1. The maximum Gasteiger partial charge on any atom is 0.416 e. The van der Waals surface area contributed by atoms with Crippen molar-refractivity contribution in [3.63, 3.8) is 0 Å². The van der Waals surface area contributed by atoms with Gasteiger partial charge in [-0.05, 0) is 37.1 Å². The molecule has 0 bridgehead atoms. The van der Waals surface area contributed by atoms with E-state index in [1.807, 2.05) is 0 Å². The molecule has 1 aliphatic heterocycles. The Balaban J connectivity index is 1.97. The zero-order valence-electron chi connectivity index (χ0n) is 15.4. The Morgan fingerprint density at radius 3 is 2.18 bits per heavy atom. The highest BCUT2D eigenvalue weighted by Crippen LogP contribution is 2.30. The van der Waals surface area contributed by atoms with Gasteiger partial charge >= 0.3 is 6.18 Å². The molecule has 1 fully saturated rings. The molecular weight excluding hydrogens is 397 g/mol. The topological polar surface area (TPSA) is 83.6 Å². The number of carbonyl (C=O) groups is 2. The monoisotopic (exact) mass is 418 g/mol. The van der Waals surface area contributed by atoms with Crippen molar-refractivity contribution in [2.24, 2.45) is 0 Å². The van der Waals surface area contributed by atoms with Gasteiger partial charge in [-0.1, -0.05) is 12.1 Å². The molecule has 1 N–H and O–H groups in total. The van der Waals surface area contributed by atoms with Crippen LogP contribution in [0.15, 0.2) is 30.3 Å². The molecule has 1 aliphatic rings. The minimum Gasteiger partial charge on any atom is -0.341 e. The second kappa shape index (κ2) is 8.34. The van der Waals surface area contributed by atoms with Gasteiger partial charge in [-0.3, -0.25) is 9.59 Å². The largest absolute Gasteiger partial charge is 0.416 e. The molecule has 2 amide bonds. The van der Waals surface area contributed by atoms with E-state index in [9.17, 15) is 31.2 Å². The summed E-state index contributed by atoms with van der Waals surface area (Å²) in [7, 11) is -3.12. The highest BCUT2D eigenvalue weighted by molar-refractivity contribution is 7.91. The molecule has 0 saturated carbocycles. The van der Waals surface area contributed by atoms with Crippen LogP contribution in [0.1, 0.15) is 25.0 Å². The number of rotatable bonds is 4. The van der Waals surface area contributed by atoms with Crippen LogP contribution in [0.5, 0.6) is 0 Å². The van der Waals surface area contributed by atoms with Crippen LogP contribution in [0, 0.1) is 0 Å². The Morgan fingerprint density at radius 2 is 1.68 bits per heavy atom. The first-order chi connectivity index (χ1) is 12.9. The number of hydrogen-bond donors (Lipinski definition) is 1. The van der Waals surface area contributed by atoms with Gasteiger partial charge in [-0.2, -0.15) is 13.2 Å². The zero-order valence-corrected chi connectivity index (χ0v) is 16.2. The van der Waals surface area contributed by atoms with Gasteiger partial charge in [0.15, 0.2) is 9.84 Å². The quantitative estimate of drug-likeness (QED) is 0.757. The fourth-order valence-corrected chi connectivity index (χ4v) is 3.93. The molecule has 2 rings (SSSR count). The Bertz CT molecular complexity index is 863. The number of halogens is 3. The maximum atomic E-state index is 12.6. The SMILES string of the molecule is CC(=CC(=O)NC(C)C(=O)N1CCS(=O)(=O)CC1)c1ccc(C(F)(F)F)cc1. The van der Waals surface area contributed by atoms with Crippen LogP contribution in [0.25, 0.3) is 5.57 Å². The Hall–Kier alpha value is -2.36. The van der Waals surface area contributed by atoms with Crippen LogP contribution in [-0.2, 0) is 25.6 Å². The van der Waals surface area contributed by atoms with Gasteiger partial charge in [-0.15, -0.1) is 0 Å². The number of sulfone groups is 1. The fraction of sp³-hybridized carbons (Fsp3) is 0.444. The Labute approximate surface area is 161 Å². The summed E-state index contributed by atoms with van der Waals surface area (Å²) in [5.41, 5.74) is 0.106. The summed E-state index contributed by atoms with van der Waals surface area (Å²) < 4.78 is 60.6. The smallest absolute Gasteiger partial charge is 0.341 e. The lowest BCUT2D eigenvalue weighted by molar-refractivity contribution is -0.137. The van der Waals surface area contributed by atoms with Gasteiger partial charge in [0.25, 0.3) is 0 Å². The van der Waals surface area contributed by atoms with E-state index in [0.29, 0.717) is 11.1 Å². The predicted octanol–water partition coefficient (Wildman–Crippen LogP) is 1.87. The number of carbonyl (C=O) groups excluding carboxylic acids is 2. The van der Waals surface area contributed by atoms with Crippen LogP contribution in [0.2, 0.25) is 0 Å². The lowest BCUT2D eigenvalue weighted by atomic mass is 10.0. The highest BCUT2D eigenvalue weighted by atomic mass is 32.2. The molecule has 1 heterocycles. The van der Waals surface area contributed by atoms with Crippen molar-refractivity contribution in [3.8, 4) is 0 Å².